The molecule has 0 spiro atoms. The van der Waals surface area contributed by atoms with E-state index in [1.54, 1.807) is 26.0 Å². The fourth-order valence-corrected chi connectivity index (χ4v) is 3.35. The second-order valence-corrected chi connectivity index (χ2v) is 7.63. The molecule has 3 aromatic carbocycles. The fourth-order valence-electron chi connectivity index (χ4n) is 2.80. The molecular weight excluding hydrogens is 447 g/mol. The van der Waals surface area contributed by atoms with Gasteiger partial charge in [-0.1, -0.05) is 59.6 Å². The van der Waals surface area contributed by atoms with Crippen LogP contribution in [0.4, 0.5) is 0 Å². The highest BCUT2D eigenvalue weighted by Gasteiger charge is 2.10. The summed E-state index contributed by atoms with van der Waals surface area (Å²) < 4.78 is 0. The molecule has 2 N–H and O–H groups in total. The maximum absolute atomic E-state index is 12.4. The van der Waals surface area contributed by atoms with E-state index in [4.69, 9.17) is 23.2 Å². The lowest BCUT2D eigenvalue weighted by molar-refractivity contribution is 0.0943. The Morgan fingerprint density at radius 3 is 1.31 bits per heavy atom. The van der Waals surface area contributed by atoms with E-state index in [0.717, 1.165) is 11.1 Å². The first-order valence-corrected chi connectivity index (χ1v) is 10.4. The summed E-state index contributed by atoms with van der Waals surface area (Å²) in [7, 11) is 0. The van der Waals surface area contributed by atoms with E-state index in [1.807, 2.05) is 36.4 Å². The van der Waals surface area contributed by atoms with Gasteiger partial charge in [0.2, 0.25) is 0 Å². The standard InChI is InChI=1S/C24H20Cl2N4O2/c1-15(19-7-3-5-9-21(19)25)27-29-23(31)17-11-13-18(14-12-17)24(32)30-28-16(2)20-8-4-6-10-22(20)26/h3-14H,1-2H3,(H,29,31)(H,30,32). The summed E-state index contributed by atoms with van der Waals surface area (Å²) >= 11 is 12.3. The van der Waals surface area contributed by atoms with Gasteiger partial charge in [-0.3, -0.25) is 9.59 Å². The molecule has 3 rings (SSSR count). The molecule has 6 nitrogen and oxygen atoms in total. The van der Waals surface area contributed by atoms with Crippen molar-refractivity contribution in [3.05, 3.63) is 105 Å². The number of amides is 2. The first kappa shape index (κ1) is 23.2. The third kappa shape index (κ3) is 5.81. The summed E-state index contributed by atoms with van der Waals surface area (Å²) in [6, 6.07) is 20.6. The van der Waals surface area contributed by atoms with Crippen molar-refractivity contribution in [2.75, 3.05) is 0 Å². The minimum Gasteiger partial charge on any atom is -0.267 e. The molecule has 0 aliphatic heterocycles. The van der Waals surface area contributed by atoms with Crippen LogP contribution < -0.4 is 10.9 Å². The second kappa shape index (κ2) is 10.7. The Kier molecular flexibility index (Phi) is 7.76. The molecule has 0 radical (unpaired) electrons. The SMILES string of the molecule is CC(=NNC(=O)c1ccc(C(=O)NN=C(C)c2ccccc2Cl)cc1)c1ccccc1Cl. The number of carbonyl (C=O) groups excluding carboxylic acids is 2. The van der Waals surface area contributed by atoms with Crippen LogP contribution in [0.1, 0.15) is 45.7 Å². The van der Waals surface area contributed by atoms with Crippen molar-refractivity contribution in [2.24, 2.45) is 10.2 Å². The molecule has 0 saturated carbocycles. The van der Waals surface area contributed by atoms with Crippen LogP contribution in [0.25, 0.3) is 0 Å². The zero-order valence-electron chi connectivity index (χ0n) is 17.4. The number of rotatable bonds is 6. The van der Waals surface area contributed by atoms with Crippen molar-refractivity contribution >= 4 is 46.4 Å². The smallest absolute Gasteiger partial charge is 0.267 e. The third-order valence-corrected chi connectivity index (χ3v) is 5.25. The Hall–Kier alpha value is -3.48. The molecule has 0 aromatic heterocycles. The Morgan fingerprint density at radius 2 is 0.969 bits per heavy atom. The average molecular weight is 467 g/mol. The Labute approximate surface area is 195 Å². The third-order valence-electron chi connectivity index (χ3n) is 4.59. The number of hydrogen-bond donors (Lipinski definition) is 2. The van der Waals surface area contributed by atoms with Gasteiger partial charge in [0.15, 0.2) is 0 Å². The van der Waals surface area contributed by atoms with Gasteiger partial charge in [0.05, 0.1) is 11.4 Å². The Bertz CT molecular complexity index is 1110. The van der Waals surface area contributed by atoms with Crippen molar-refractivity contribution in [3.63, 3.8) is 0 Å². The number of hydrogen-bond acceptors (Lipinski definition) is 4. The van der Waals surface area contributed by atoms with Crippen LogP contribution in [0.5, 0.6) is 0 Å². The molecule has 0 atom stereocenters. The highest BCUT2D eigenvalue weighted by Crippen LogP contribution is 2.16. The Morgan fingerprint density at radius 1 is 0.625 bits per heavy atom. The maximum Gasteiger partial charge on any atom is 0.271 e. The van der Waals surface area contributed by atoms with Gasteiger partial charge < -0.3 is 0 Å². The van der Waals surface area contributed by atoms with Crippen molar-refractivity contribution in [2.45, 2.75) is 13.8 Å². The summed E-state index contributed by atoms with van der Waals surface area (Å²) in [6.07, 6.45) is 0. The van der Waals surface area contributed by atoms with E-state index >= 15 is 0 Å². The highest BCUT2D eigenvalue weighted by molar-refractivity contribution is 6.34. The molecule has 2 amide bonds. The van der Waals surface area contributed by atoms with Gasteiger partial charge in [0, 0.05) is 32.3 Å². The molecular formula is C24H20Cl2N4O2. The number of halogens is 2. The van der Waals surface area contributed by atoms with Crippen molar-refractivity contribution < 1.29 is 9.59 Å². The van der Waals surface area contributed by atoms with E-state index < -0.39 is 11.8 Å². The van der Waals surface area contributed by atoms with Crippen LogP contribution in [0.3, 0.4) is 0 Å². The predicted molar refractivity (Wildman–Crippen MR) is 129 cm³/mol. The highest BCUT2D eigenvalue weighted by atomic mass is 35.5. The van der Waals surface area contributed by atoms with Gasteiger partial charge >= 0.3 is 0 Å². The predicted octanol–water partition coefficient (Wildman–Crippen LogP) is 5.30. The van der Waals surface area contributed by atoms with Crippen LogP contribution in [-0.4, -0.2) is 23.2 Å². The average Bonchev–Trinajstić information content (AvgIpc) is 2.81. The molecule has 162 valence electrons. The zero-order valence-corrected chi connectivity index (χ0v) is 18.9. The van der Waals surface area contributed by atoms with E-state index in [2.05, 4.69) is 21.1 Å². The van der Waals surface area contributed by atoms with Crippen LogP contribution in [-0.2, 0) is 0 Å². The monoisotopic (exact) mass is 466 g/mol. The number of nitrogens with zero attached hydrogens (tertiary/aromatic N) is 2. The number of carbonyl (C=O) groups is 2. The maximum atomic E-state index is 12.4. The quantitative estimate of drug-likeness (QED) is 0.381. The molecule has 32 heavy (non-hydrogen) atoms. The van der Waals surface area contributed by atoms with E-state index in [1.165, 1.54) is 24.3 Å². The molecule has 0 aliphatic rings. The lowest BCUT2D eigenvalue weighted by Gasteiger charge is -2.06. The number of hydrazone groups is 2. The van der Waals surface area contributed by atoms with Crippen LogP contribution in [0.2, 0.25) is 10.0 Å². The van der Waals surface area contributed by atoms with Crippen LogP contribution >= 0.6 is 23.2 Å². The zero-order chi connectivity index (χ0) is 23.1. The van der Waals surface area contributed by atoms with E-state index in [-0.39, 0.29) is 0 Å². The van der Waals surface area contributed by atoms with Gasteiger partial charge in [-0.25, -0.2) is 10.9 Å². The second-order valence-electron chi connectivity index (χ2n) is 6.81. The van der Waals surface area contributed by atoms with Crippen molar-refractivity contribution in [3.8, 4) is 0 Å². The molecule has 3 aromatic rings. The van der Waals surface area contributed by atoms with Crippen molar-refractivity contribution in [1.29, 1.82) is 0 Å². The van der Waals surface area contributed by atoms with Gasteiger partial charge in [-0.05, 0) is 50.2 Å². The molecule has 0 saturated heterocycles. The molecule has 0 heterocycles. The summed E-state index contributed by atoms with van der Waals surface area (Å²) in [5.41, 5.74) is 8.31. The summed E-state index contributed by atoms with van der Waals surface area (Å²) in [4.78, 5) is 24.7. The van der Waals surface area contributed by atoms with E-state index in [9.17, 15) is 9.59 Å². The minimum atomic E-state index is -0.407. The topological polar surface area (TPSA) is 82.9 Å². The lowest BCUT2D eigenvalue weighted by atomic mass is 10.1. The molecule has 0 fully saturated rings. The number of benzene rings is 3. The fraction of sp³-hybridized carbons (Fsp3) is 0.0833. The first-order chi connectivity index (χ1) is 15.4. The minimum absolute atomic E-state index is 0.355. The normalized spacial score (nSPS) is 11.8. The van der Waals surface area contributed by atoms with Gasteiger partial charge in [0.25, 0.3) is 11.8 Å². The van der Waals surface area contributed by atoms with Gasteiger partial charge in [0.1, 0.15) is 0 Å². The molecule has 8 heteroatoms. The van der Waals surface area contributed by atoms with Gasteiger partial charge in [-0.15, -0.1) is 0 Å². The Balaban J connectivity index is 1.63. The van der Waals surface area contributed by atoms with Crippen molar-refractivity contribution in [1.82, 2.24) is 10.9 Å². The molecule has 0 aliphatic carbocycles. The first-order valence-electron chi connectivity index (χ1n) is 9.66. The number of nitrogens with one attached hydrogen (secondary N) is 2. The summed E-state index contributed by atoms with van der Waals surface area (Å²) in [5, 5.41) is 9.29. The summed E-state index contributed by atoms with van der Waals surface area (Å²) in [6.45, 7) is 3.50. The lowest BCUT2D eigenvalue weighted by Crippen LogP contribution is -2.21. The molecule has 0 unspecified atom stereocenters. The largest absolute Gasteiger partial charge is 0.271 e. The van der Waals surface area contributed by atoms with Gasteiger partial charge in [-0.2, -0.15) is 10.2 Å². The van der Waals surface area contributed by atoms with Crippen LogP contribution in [0, 0.1) is 0 Å². The summed E-state index contributed by atoms with van der Waals surface area (Å²) in [5.74, 6) is -0.813. The van der Waals surface area contributed by atoms with E-state index in [0.29, 0.717) is 32.6 Å². The van der Waals surface area contributed by atoms with Crippen LogP contribution in [0.15, 0.2) is 83.0 Å². The molecule has 0 bridgehead atoms.